The molecule has 1 heterocycles. The molecule has 2 fully saturated rings. The van der Waals surface area contributed by atoms with Crippen LogP contribution in [0, 0.1) is 11.8 Å². The van der Waals surface area contributed by atoms with Gasteiger partial charge in [0.2, 0.25) is 0 Å². The Labute approximate surface area is 117 Å². The highest BCUT2D eigenvalue weighted by atomic mass is 32.2. The second kappa shape index (κ2) is 4.78. The van der Waals surface area contributed by atoms with Crippen LogP contribution >= 0.6 is 11.8 Å². The summed E-state index contributed by atoms with van der Waals surface area (Å²) in [6.45, 7) is 2.28. The zero-order valence-corrected chi connectivity index (χ0v) is 12.1. The molecule has 1 aromatic heterocycles. The maximum Gasteiger partial charge on any atom is 0.318 e. The number of nitrogens with zero attached hydrogens (tertiary/aromatic N) is 2. The molecular formula is C14H18N2O2S. The monoisotopic (exact) mass is 278 g/mol. The predicted molar refractivity (Wildman–Crippen MR) is 73.0 cm³/mol. The van der Waals surface area contributed by atoms with Crippen LogP contribution in [0.4, 0.5) is 0 Å². The fourth-order valence-electron chi connectivity index (χ4n) is 3.25. The molecule has 0 saturated heterocycles. The van der Waals surface area contributed by atoms with Crippen molar-refractivity contribution < 1.29 is 9.53 Å². The van der Waals surface area contributed by atoms with Gasteiger partial charge in [0.15, 0.2) is 0 Å². The molecule has 0 aliphatic heterocycles. The highest BCUT2D eigenvalue weighted by molar-refractivity contribution is 7.98. The molecule has 3 rings (SSSR count). The fraction of sp³-hybridized carbons (Fsp3) is 0.643. The van der Waals surface area contributed by atoms with Crippen molar-refractivity contribution in [1.29, 1.82) is 0 Å². The highest BCUT2D eigenvalue weighted by Crippen LogP contribution is 2.60. The van der Waals surface area contributed by atoms with Crippen molar-refractivity contribution in [2.75, 3.05) is 12.9 Å². The molecule has 2 atom stereocenters. The zero-order chi connectivity index (χ0) is 13.5. The fourth-order valence-corrected chi connectivity index (χ4v) is 3.63. The summed E-state index contributed by atoms with van der Waals surface area (Å²) in [7, 11) is 0. The first-order valence-corrected chi connectivity index (χ1v) is 7.96. The van der Waals surface area contributed by atoms with Gasteiger partial charge < -0.3 is 4.74 Å². The minimum Gasteiger partial charge on any atom is -0.465 e. The molecule has 2 aliphatic carbocycles. The molecule has 2 unspecified atom stereocenters. The van der Waals surface area contributed by atoms with E-state index in [-0.39, 0.29) is 5.97 Å². The summed E-state index contributed by atoms with van der Waals surface area (Å²) in [5.41, 5.74) is 0.328. The van der Waals surface area contributed by atoms with Gasteiger partial charge in [-0.05, 0) is 50.3 Å². The molecule has 5 heteroatoms. The Kier molecular flexibility index (Phi) is 3.25. The lowest BCUT2D eigenvalue weighted by Crippen LogP contribution is -2.37. The number of aromatic nitrogens is 2. The van der Waals surface area contributed by atoms with E-state index in [4.69, 9.17) is 4.74 Å². The molecule has 0 radical (unpaired) electrons. The van der Waals surface area contributed by atoms with Crippen LogP contribution in [0.1, 0.15) is 31.9 Å². The first-order chi connectivity index (χ1) is 9.19. The Bertz CT molecular complexity index is 496. The quantitative estimate of drug-likeness (QED) is 0.481. The topological polar surface area (TPSA) is 52.1 Å². The van der Waals surface area contributed by atoms with E-state index >= 15 is 0 Å². The molecule has 2 aliphatic rings. The van der Waals surface area contributed by atoms with Crippen molar-refractivity contribution in [2.45, 2.75) is 36.6 Å². The number of hydrogen-bond donors (Lipinski definition) is 0. The van der Waals surface area contributed by atoms with E-state index in [0.717, 1.165) is 23.6 Å². The normalized spacial score (nSPS) is 31.9. The smallest absolute Gasteiger partial charge is 0.318 e. The number of esters is 1. The van der Waals surface area contributed by atoms with Crippen LogP contribution in [0.5, 0.6) is 0 Å². The van der Waals surface area contributed by atoms with Crippen LogP contribution in [0.2, 0.25) is 0 Å². The van der Waals surface area contributed by atoms with Crippen molar-refractivity contribution in [3.63, 3.8) is 0 Å². The Morgan fingerprint density at radius 2 is 2.21 bits per heavy atom. The first kappa shape index (κ1) is 12.9. The van der Waals surface area contributed by atoms with E-state index in [1.165, 1.54) is 6.42 Å². The summed E-state index contributed by atoms with van der Waals surface area (Å²) >= 11 is 1.57. The summed E-state index contributed by atoms with van der Waals surface area (Å²) in [6, 6.07) is 1.95. The number of fused-ring (bicyclic) bond motifs is 1. The molecule has 0 N–H and O–H groups in total. The number of thioether (sulfide) groups is 1. The van der Waals surface area contributed by atoms with Crippen LogP contribution in [0.15, 0.2) is 17.4 Å². The number of carbonyl (C=O) groups is 1. The van der Waals surface area contributed by atoms with Gasteiger partial charge in [0.05, 0.1) is 17.3 Å². The summed E-state index contributed by atoms with van der Waals surface area (Å²) in [5, 5.41) is 0.911. The number of carbonyl (C=O) groups excluding carboxylic acids is 1. The molecule has 19 heavy (non-hydrogen) atoms. The van der Waals surface area contributed by atoms with E-state index in [2.05, 4.69) is 9.97 Å². The van der Waals surface area contributed by atoms with E-state index in [0.29, 0.717) is 18.4 Å². The predicted octanol–water partition coefficient (Wildman–Crippen LogP) is 2.43. The maximum absolute atomic E-state index is 12.4. The number of rotatable bonds is 4. The molecule has 102 valence electrons. The van der Waals surface area contributed by atoms with Crippen molar-refractivity contribution >= 4 is 17.7 Å². The van der Waals surface area contributed by atoms with Crippen LogP contribution in [-0.2, 0) is 14.9 Å². The van der Waals surface area contributed by atoms with Crippen molar-refractivity contribution in [3.8, 4) is 0 Å². The van der Waals surface area contributed by atoms with Gasteiger partial charge in [0.1, 0.15) is 11.7 Å². The minimum absolute atomic E-state index is 0.104. The molecule has 0 aromatic carbocycles. The van der Waals surface area contributed by atoms with Crippen molar-refractivity contribution in [2.24, 2.45) is 11.8 Å². The van der Waals surface area contributed by atoms with E-state index < -0.39 is 5.41 Å². The summed E-state index contributed by atoms with van der Waals surface area (Å²) < 4.78 is 5.32. The standard InChI is InChI=1S/C14H18N2O2S/c1-3-18-13(17)14(6-9-4-10(9)7-14)11-5-12(19-2)16-8-15-11/h5,8-10H,3-4,6-7H2,1-2H3. The lowest BCUT2D eigenvalue weighted by atomic mass is 9.79. The molecule has 2 saturated carbocycles. The number of ether oxygens (including phenoxy) is 1. The van der Waals surface area contributed by atoms with E-state index in [1.807, 2.05) is 19.2 Å². The molecule has 0 bridgehead atoms. The van der Waals surface area contributed by atoms with E-state index in [1.54, 1.807) is 18.1 Å². The van der Waals surface area contributed by atoms with Crippen LogP contribution in [0.3, 0.4) is 0 Å². The molecule has 4 nitrogen and oxygen atoms in total. The lowest BCUT2D eigenvalue weighted by molar-refractivity contribution is -0.150. The van der Waals surface area contributed by atoms with E-state index in [9.17, 15) is 4.79 Å². The van der Waals surface area contributed by atoms with Gasteiger partial charge in [0, 0.05) is 0 Å². The van der Waals surface area contributed by atoms with Gasteiger partial charge in [0.25, 0.3) is 0 Å². The number of hydrogen-bond acceptors (Lipinski definition) is 5. The van der Waals surface area contributed by atoms with Gasteiger partial charge in [-0.15, -0.1) is 11.8 Å². The van der Waals surface area contributed by atoms with Gasteiger partial charge >= 0.3 is 5.97 Å². The third-order valence-electron chi connectivity index (χ3n) is 4.30. The van der Waals surface area contributed by atoms with Gasteiger partial charge in [-0.1, -0.05) is 0 Å². The summed E-state index contributed by atoms with van der Waals surface area (Å²) in [5.74, 6) is 1.28. The Morgan fingerprint density at radius 3 is 2.84 bits per heavy atom. The van der Waals surface area contributed by atoms with Crippen LogP contribution < -0.4 is 0 Å². The van der Waals surface area contributed by atoms with Crippen LogP contribution in [0.25, 0.3) is 0 Å². The lowest BCUT2D eigenvalue weighted by Gasteiger charge is -2.27. The van der Waals surface area contributed by atoms with Gasteiger partial charge in [-0.2, -0.15) is 0 Å². The molecule has 1 aromatic rings. The molecule has 0 amide bonds. The Morgan fingerprint density at radius 1 is 1.47 bits per heavy atom. The third-order valence-corrected chi connectivity index (χ3v) is 4.94. The van der Waals surface area contributed by atoms with Gasteiger partial charge in [-0.3, -0.25) is 4.79 Å². The molecular weight excluding hydrogens is 260 g/mol. The second-order valence-corrected chi connectivity index (χ2v) is 6.24. The third kappa shape index (κ3) is 2.14. The maximum atomic E-state index is 12.4. The SMILES string of the molecule is CCOC(=O)C1(c2cc(SC)ncn2)CC2CC2C1. The zero-order valence-electron chi connectivity index (χ0n) is 11.3. The summed E-state index contributed by atoms with van der Waals surface area (Å²) in [6.07, 6.45) is 6.59. The Balaban J connectivity index is 1.96. The highest BCUT2D eigenvalue weighted by Gasteiger charge is 2.59. The first-order valence-electron chi connectivity index (χ1n) is 6.73. The van der Waals surface area contributed by atoms with Crippen molar-refractivity contribution in [3.05, 3.63) is 18.1 Å². The minimum atomic E-state index is -0.517. The van der Waals surface area contributed by atoms with Crippen LogP contribution in [-0.4, -0.2) is 28.8 Å². The molecule has 0 spiro atoms. The largest absolute Gasteiger partial charge is 0.465 e. The average molecular weight is 278 g/mol. The summed E-state index contributed by atoms with van der Waals surface area (Å²) in [4.78, 5) is 21.0. The van der Waals surface area contributed by atoms with Crippen molar-refractivity contribution in [1.82, 2.24) is 9.97 Å². The van der Waals surface area contributed by atoms with Gasteiger partial charge in [-0.25, -0.2) is 9.97 Å². The second-order valence-electron chi connectivity index (χ2n) is 5.41. The average Bonchev–Trinajstić information content (AvgIpc) is 3.06. The Hall–Kier alpha value is -1.10.